The van der Waals surface area contributed by atoms with Crippen molar-refractivity contribution in [3.63, 3.8) is 0 Å². The smallest absolute Gasteiger partial charge is 0.386 e. The van der Waals surface area contributed by atoms with Crippen molar-refractivity contribution in [1.29, 1.82) is 0 Å². The fourth-order valence-electron chi connectivity index (χ4n) is 2.72. The highest BCUT2D eigenvalue weighted by Crippen LogP contribution is 2.66. The lowest BCUT2D eigenvalue weighted by Crippen LogP contribution is -2.44. The van der Waals surface area contributed by atoms with Gasteiger partial charge in [-0.1, -0.05) is 19.1 Å². The highest BCUT2D eigenvalue weighted by atomic mass is 31.3. The quantitative estimate of drug-likeness (QED) is 0.170. The summed E-state index contributed by atoms with van der Waals surface area (Å²) < 4.78 is 66.9. The Morgan fingerprint density at radius 2 is 1.91 bits per heavy atom. The van der Waals surface area contributed by atoms with Crippen LogP contribution in [-0.2, 0) is 31.6 Å². The number of hydrogen-bond acceptors (Lipinski definition) is 11. The summed E-state index contributed by atoms with van der Waals surface area (Å²) in [5.41, 5.74) is 2.13. The Labute approximate surface area is 184 Å². The van der Waals surface area contributed by atoms with Gasteiger partial charge in [-0.2, -0.15) is 13.6 Å². The molecule has 1 saturated heterocycles. The van der Waals surface area contributed by atoms with Gasteiger partial charge < -0.3 is 35.2 Å². The number of aliphatic hydroxyl groups excluding tert-OH is 1. The largest absolute Gasteiger partial charge is 0.490 e. The van der Waals surface area contributed by atoms with Crippen LogP contribution in [0.15, 0.2) is 29.2 Å². The molecule has 0 aromatic carbocycles. The minimum Gasteiger partial charge on any atom is -0.386 e. The first-order chi connectivity index (χ1) is 15.0. The molecular weight excluding hydrogens is 518 g/mol. The van der Waals surface area contributed by atoms with E-state index < -0.39 is 59.9 Å². The molecule has 0 aliphatic carbocycles. The van der Waals surface area contributed by atoms with Gasteiger partial charge in [0.15, 0.2) is 12.4 Å². The van der Waals surface area contributed by atoms with E-state index in [1.165, 1.54) is 6.08 Å². The van der Waals surface area contributed by atoms with Crippen LogP contribution in [0, 0.1) is 0 Å². The van der Waals surface area contributed by atoms with Crippen molar-refractivity contribution >= 4 is 29.3 Å². The molecule has 0 spiro atoms. The summed E-state index contributed by atoms with van der Waals surface area (Å²) in [6, 6.07) is 1.15. The van der Waals surface area contributed by atoms with Gasteiger partial charge in [-0.15, -0.1) is 0 Å². The van der Waals surface area contributed by atoms with Crippen LogP contribution in [0.4, 0.5) is 10.2 Å². The Balaban J connectivity index is 2.30. The molecule has 20 heteroatoms. The van der Waals surface area contributed by atoms with Crippen molar-refractivity contribution in [2.24, 2.45) is 0 Å². The van der Waals surface area contributed by atoms with Crippen LogP contribution in [0.5, 0.6) is 0 Å². The minimum absolute atomic E-state index is 0.171. The lowest BCUT2D eigenvalue weighted by atomic mass is 9.96. The van der Waals surface area contributed by atoms with Crippen molar-refractivity contribution < 1.29 is 60.6 Å². The number of phosphoric ester groups is 1. The third-order valence-electron chi connectivity index (χ3n) is 4.05. The molecule has 0 saturated carbocycles. The fourth-order valence-corrected chi connectivity index (χ4v) is 5.78. The number of aliphatic hydroxyl groups is 1. The molecule has 2 heterocycles. The van der Waals surface area contributed by atoms with E-state index in [4.69, 9.17) is 20.3 Å². The Kier molecular flexibility index (Phi) is 8.56. The third kappa shape index (κ3) is 7.33. The topological polar surface area (TPSA) is 250 Å². The van der Waals surface area contributed by atoms with E-state index in [1.807, 2.05) is 0 Å². The molecule has 2 rings (SSSR count). The second-order valence-corrected chi connectivity index (χ2v) is 11.0. The van der Waals surface area contributed by atoms with Crippen LogP contribution in [0.25, 0.3) is 0 Å². The number of rotatable bonds is 10. The highest BCUT2D eigenvalue weighted by Gasteiger charge is 2.56. The molecule has 1 fully saturated rings. The van der Waals surface area contributed by atoms with Gasteiger partial charge >= 0.3 is 29.2 Å². The number of anilines is 1. The number of nitrogens with two attached hydrogens (primary N) is 1. The van der Waals surface area contributed by atoms with Crippen LogP contribution < -0.4 is 11.4 Å². The molecule has 1 aliphatic rings. The molecule has 1 aliphatic heterocycles. The zero-order valence-corrected chi connectivity index (χ0v) is 19.3. The molecule has 0 bridgehead atoms. The van der Waals surface area contributed by atoms with Crippen molar-refractivity contribution in [2.45, 2.75) is 37.4 Å². The molecule has 0 radical (unpaired) electrons. The van der Waals surface area contributed by atoms with Gasteiger partial charge in [0.25, 0.3) is 0 Å². The number of allylic oxidation sites excluding steroid dienone is 1. The summed E-state index contributed by atoms with van der Waals surface area (Å²) in [5.74, 6) is -0.171. The van der Waals surface area contributed by atoms with Crippen molar-refractivity contribution in [3.05, 3.63) is 34.9 Å². The summed E-state index contributed by atoms with van der Waals surface area (Å²) in [6.45, 7) is 0.467. The molecule has 1 aromatic rings. The first-order valence-electron chi connectivity index (χ1n) is 8.81. The van der Waals surface area contributed by atoms with E-state index in [1.54, 1.807) is 6.92 Å². The van der Waals surface area contributed by atoms with E-state index in [9.17, 15) is 37.8 Å². The monoisotopic (exact) mass is 539 g/mol. The number of hydrogen-bond donors (Lipinski definition) is 6. The van der Waals surface area contributed by atoms with Crippen LogP contribution in [0.3, 0.4) is 0 Å². The summed E-state index contributed by atoms with van der Waals surface area (Å²) >= 11 is 0. The van der Waals surface area contributed by atoms with Gasteiger partial charge in [0, 0.05) is 6.20 Å². The van der Waals surface area contributed by atoms with E-state index in [0.717, 1.165) is 18.3 Å². The Morgan fingerprint density at radius 3 is 2.45 bits per heavy atom. The number of nitrogens with zero attached hydrogens (tertiary/aromatic N) is 2. The van der Waals surface area contributed by atoms with E-state index in [0.29, 0.717) is 11.0 Å². The maximum atomic E-state index is 14.9. The third-order valence-corrected chi connectivity index (χ3v) is 7.83. The van der Waals surface area contributed by atoms with Gasteiger partial charge in [0.05, 0.1) is 6.61 Å². The SMILES string of the molecule is CCC=C[C@]1(COP(=O)(O)OP(=O)(O)OP(=O)(O)O)O[C@@H](n2ccc(N)nc2=O)[C@H](F)[C@@H]1O. The van der Waals surface area contributed by atoms with Gasteiger partial charge in [-0.05, 0) is 12.5 Å². The molecule has 2 unspecified atom stereocenters. The predicted molar refractivity (Wildman–Crippen MR) is 106 cm³/mol. The lowest BCUT2D eigenvalue weighted by Gasteiger charge is -2.29. The number of alkyl halides is 1. The second kappa shape index (κ2) is 10.1. The number of phosphoric acid groups is 3. The first kappa shape index (κ1) is 27.9. The van der Waals surface area contributed by atoms with Crippen LogP contribution in [-0.4, -0.2) is 58.7 Å². The minimum atomic E-state index is -5.80. The van der Waals surface area contributed by atoms with Crippen LogP contribution in [0.2, 0.25) is 0 Å². The molecule has 16 nitrogen and oxygen atoms in total. The Hall–Kier alpha value is -1.32. The molecular formula is C13H21FN3O13P3. The molecule has 7 N–H and O–H groups in total. The maximum absolute atomic E-state index is 14.9. The van der Waals surface area contributed by atoms with Crippen LogP contribution in [0.1, 0.15) is 19.6 Å². The fraction of sp³-hybridized carbons (Fsp3) is 0.538. The molecule has 0 amide bonds. The Morgan fingerprint density at radius 1 is 1.27 bits per heavy atom. The summed E-state index contributed by atoms with van der Waals surface area (Å²) in [4.78, 5) is 51.4. The first-order valence-corrected chi connectivity index (χ1v) is 13.3. The van der Waals surface area contributed by atoms with Crippen molar-refractivity contribution in [1.82, 2.24) is 9.55 Å². The molecule has 188 valence electrons. The van der Waals surface area contributed by atoms with Crippen LogP contribution >= 0.6 is 23.5 Å². The summed E-state index contributed by atoms with van der Waals surface area (Å²) in [7, 11) is -17.0. The molecule has 6 atom stereocenters. The van der Waals surface area contributed by atoms with E-state index in [2.05, 4.69) is 18.1 Å². The van der Waals surface area contributed by atoms with E-state index in [-0.39, 0.29) is 5.82 Å². The lowest BCUT2D eigenvalue weighted by molar-refractivity contribution is -0.0967. The standard InChI is InChI=1S/C13H21FN3O13P3/c1-2-3-5-13(7-27-32(23,24)30-33(25,26)29-31(20,21)22)10(18)9(14)11(28-13)17-6-4-8(15)16-12(17)19/h3-6,9-11,18H,2,7H2,1H3,(H,23,24)(H,25,26)(H2,15,16,19)(H2,20,21,22)/t9-,10+,11-,13-/m1/s1. The van der Waals surface area contributed by atoms with Crippen molar-refractivity contribution in [2.75, 3.05) is 12.3 Å². The molecule has 1 aromatic heterocycles. The summed E-state index contributed by atoms with van der Waals surface area (Å²) in [6.07, 6.45) is -2.38. The van der Waals surface area contributed by atoms with Gasteiger partial charge in [-0.25, -0.2) is 22.9 Å². The van der Waals surface area contributed by atoms with Gasteiger partial charge in [0.1, 0.15) is 17.5 Å². The maximum Gasteiger partial charge on any atom is 0.490 e. The zero-order chi connectivity index (χ0) is 25.2. The molecule has 33 heavy (non-hydrogen) atoms. The van der Waals surface area contributed by atoms with E-state index >= 15 is 0 Å². The predicted octanol–water partition coefficient (Wildman–Crippen LogP) is 0.102. The number of ether oxygens (including phenoxy) is 1. The van der Waals surface area contributed by atoms with Crippen molar-refractivity contribution in [3.8, 4) is 0 Å². The number of nitrogen functional groups attached to an aromatic ring is 1. The zero-order valence-electron chi connectivity index (χ0n) is 16.6. The average Bonchev–Trinajstić information content (AvgIpc) is 2.88. The Bertz CT molecular complexity index is 1090. The average molecular weight is 539 g/mol. The number of halogens is 1. The summed E-state index contributed by atoms with van der Waals surface area (Å²) in [5, 5.41) is 10.5. The van der Waals surface area contributed by atoms with Gasteiger partial charge in [-0.3, -0.25) is 9.09 Å². The highest BCUT2D eigenvalue weighted by molar-refractivity contribution is 7.66. The second-order valence-electron chi connectivity index (χ2n) is 6.57. The number of aromatic nitrogens is 2. The normalized spacial score (nSPS) is 29.7. The van der Waals surface area contributed by atoms with Gasteiger partial charge in [0.2, 0.25) is 0 Å².